The first kappa shape index (κ1) is 13.6. The second-order valence-electron chi connectivity index (χ2n) is 4.43. The highest BCUT2D eigenvalue weighted by atomic mass is 32.2. The molecule has 0 saturated heterocycles. The SMILES string of the molecule is CSCC(C)NC(=O)NC1CCCCC1O. The Morgan fingerprint density at radius 1 is 1.50 bits per heavy atom. The Hall–Kier alpha value is -0.420. The summed E-state index contributed by atoms with van der Waals surface area (Å²) in [5, 5.41) is 15.4. The van der Waals surface area contributed by atoms with Gasteiger partial charge < -0.3 is 15.7 Å². The molecule has 0 aromatic heterocycles. The number of aliphatic hydroxyl groups is 1. The molecule has 0 heterocycles. The molecule has 5 heteroatoms. The highest BCUT2D eigenvalue weighted by molar-refractivity contribution is 7.98. The highest BCUT2D eigenvalue weighted by Crippen LogP contribution is 2.18. The van der Waals surface area contributed by atoms with Crippen molar-refractivity contribution in [1.29, 1.82) is 0 Å². The summed E-state index contributed by atoms with van der Waals surface area (Å²) in [5.74, 6) is 0.903. The van der Waals surface area contributed by atoms with Crippen molar-refractivity contribution in [2.75, 3.05) is 12.0 Å². The summed E-state index contributed by atoms with van der Waals surface area (Å²) < 4.78 is 0. The van der Waals surface area contributed by atoms with Crippen LogP contribution in [0.25, 0.3) is 0 Å². The first-order valence-corrected chi connectivity index (χ1v) is 7.27. The van der Waals surface area contributed by atoms with Gasteiger partial charge in [-0.1, -0.05) is 12.8 Å². The molecule has 1 aliphatic carbocycles. The van der Waals surface area contributed by atoms with Crippen molar-refractivity contribution in [3.63, 3.8) is 0 Å². The molecule has 0 aromatic carbocycles. The number of urea groups is 1. The van der Waals surface area contributed by atoms with Crippen LogP contribution >= 0.6 is 11.8 Å². The van der Waals surface area contributed by atoms with Gasteiger partial charge in [0.25, 0.3) is 0 Å². The summed E-state index contributed by atoms with van der Waals surface area (Å²) in [6, 6.07) is -0.0709. The van der Waals surface area contributed by atoms with Gasteiger partial charge in [-0.05, 0) is 26.0 Å². The van der Waals surface area contributed by atoms with Gasteiger partial charge in [-0.2, -0.15) is 11.8 Å². The predicted molar refractivity (Wildman–Crippen MR) is 67.8 cm³/mol. The van der Waals surface area contributed by atoms with E-state index in [9.17, 15) is 9.90 Å². The Bertz CT molecular complexity index is 226. The topological polar surface area (TPSA) is 61.4 Å². The molecule has 2 amide bonds. The van der Waals surface area contributed by atoms with Crippen molar-refractivity contribution in [3.8, 4) is 0 Å². The van der Waals surface area contributed by atoms with E-state index in [1.54, 1.807) is 11.8 Å². The number of amides is 2. The molecule has 3 N–H and O–H groups in total. The van der Waals surface area contributed by atoms with Crippen molar-refractivity contribution in [3.05, 3.63) is 0 Å². The molecule has 1 aliphatic rings. The van der Waals surface area contributed by atoms with Gasteiger partial charge >= 0.3 is 6.03 Å². The van der Waals surface area contributed by atoms with E-state index < -0.39 is 0 Å². The van der Waals surface area contributed by atoms with E-state index in [0.29, 0.717) is 0 Å². The maximum absolute atomic E-state index is 11.6. The molecular formula is C11H22N2O2S. The summed E-state index contributed by atoms with van der Waals surface area (Å²) in [6.45, 7) is 1.98. The number of carbonyl (C=O) groups excluding carboxylic acids is 1. The molecule has 1 saturated carbocycles. The van der Waals surface area contributed by atoms with Crippen LogP contribution in [0.4, 0.5) is 4.79 Å². The van der Waals surface area contributed by atoms with Crippen LogP contribution in [0.3, 0.4) is 0 Å². The number of thioether (sulfide) groups is 1. The second kappa shape index (κ2) is 7.01. The summed E-state index contributed by atoms with van der Waals surface area (Å²) in [7, 11) is 0. The van der Waals surface area contributed by atoms with Gasteiger partial charge in [0.15, 0.2) is 0 Å². The highest BCUT2D eigenvalue weighted by Gasteiger charge is 2.24. The minimum Gasteiger partial charge on any atom is -0.391 e. The van der Waals surface area contributed by atoms with Crippen LogP contribution in [-0.4, -0.2) is 41.3 Å². The molecule has 0 bridgehead atoms. The zero-order chi connectivity index (χ0) is 12.0. The third kappa shape index (κ3) is 4.61. The van der Waals surface area contributed by atoms with Gasteiger partial charge in [-0.15, -0.1) is 0 Å². The lowest BCUT2D eigenvalue weighted by Gasteiger charge is -2.28. The lowest BCUT2D eigenvalue weighted by atomic mass is 9.93. The molecule has 3 unspecified atom stereocenters. The van der Waals surface area contributed by atoms with Crippen LogP contribution in [0.5, 0.6) is 0 Å². The van der Waals surface area contributed by atoms with Gasteiger partial charge in [0.2, 0.25) is 0 Å². The fraction of sp³-hybridized carbons (Fsp3) is 0.909. The maximum atomic E-state index is 11.6. The van der Waals surface area contributed by atoms with Crippen molar-refractivity contribution in [1.82, 2.24) is 10.6 Å². The lowest BCUT2D eigenvalue weighted by Crippen LogP contribution is -2.51. The van der Waals surface area contributed by atoms with Crippen LogP contribution < -0.4 is 10.6 Å². The second-order valence-corrected chi connectivity index (χ2v) is 5.34. The Morgan fingerprint density at radius 2 is 2.19 bits per heavy atom. The Kier molecular flexibility index (Phi) is 5.98. The molecule has 1 fully saturated rings. The van der Waals surface area contributed by atoms with Crippen molar-refractivity contribution < 1.29 is 9.90 Å². The number of nitrogens with one attached hydrogen (secondary N) is 2. The average Bonchev–Trinajstić information content (AvgIpc) is 2.21. The molecule has 16 heavy (non-hydrogen) atoms. The quantitative estimate of drug-likeness (QED) is 0.701. The molecule has 0 spiro atoms. The Labute approximate surface area is 102 Å². The first-order chi connectivity index (χ1) is 7.63. The van der Waals surface area contributed by atoms with Crippen molar-refractivity contribution >= 4 is 17.8 Å². The van der Waals surface area contributed by atoms with Gasteiger partial charge in [-0.25, -0.2) is 4.79 Å². The van der Waals surface area contributed by atoms with E-state index in [-0.39, 0.29) is 24.2 Å². The van der Waals surface area contributed by atoms with Crippen molar-refractivity contribution in [2.24, 2.45) is 0 Å². The smallest absolute Gasteiger partial charge is 0.315 e. The molecule has 0 radical (unpaired) electrons. The fourth-order valence-electron chi connectivity index (χ4n) is 2.01. The van der Waals surface area contributed by atoms with E-state index in [0.717, 1.165) is 31.4 Å². The van der Waals surface area contributed by atoms with Crippen LogP contribution in [0.15, 0.2) is 0 Å². The molecule has 4 nitrogen and oxygen atoms in total. The predicted octanol–water partition coefficient (Wildman–Crippen LogP) is 1.34. The van der Waals surface area contributed by atoms with Crippen LogP contribution in [0, 0.1) is 0 Å². The van der Waals surface area contributed by atoms with Gasteiger partial charge in [0, 0.05) is 11.8 Å². The first-order valence-electron chi connectivity index (χ1n) is 5.87. The third-order valence-corrected chi connectivity index (χ3v) is 3.67. The number of hydrogen-bond donors (Lipinski definition) is 3. The molecule has 0 aliphatic heterocycles. The zero-order valence-corrected chi connectivity index (χ0v) is 10.8. The van der Waals surface area contributed by atoms with E-state index in [4.69, 9.17) is 0 Å². The van der Waals surface area contributed by atoms with E-state index >= 15 is 0 Å². The van der Waals surface area contributed by atoms with E-state index in [1.165, 1.54) is 0 Å². The monoisotopic (exact) mass is 246 g/mol. The normalized spacial score (nSPS) is 27.2. The van der Waals surface area contributed by atoms with Gasteiger partial charge in [-0.3, -0.25) is 0 Å². The molecule has 94 valence electrons. The Balaban J connectivity index is 2.27. The molecule has 1 rings (SSSR count). The molecular weight excluding hydrogens is 224 g/mol. The Morgan fingerprint density at radius 3 is 2.81 bits per heavy atom. The molecule has 3 atom stereocenters. The van der Waals surface area contributed by atoms with E-state index in [2.05, 4.69) is 10.6 Å². The largest absolute Gasteiger partial charge is 0.391 e. The van der Waals surface area contributed by atoms with Crippen LogP contribution in [0.1, 0.15) is 32.6 Å². The summed E-state index contributed by atoms with van der Waals surface area (Å²) >= 11 is 1.71. The average molecular weight is 246 g/mol. The van der Waals surface area contributed by atoms with Gasteiger partial charge in [0.1, 0.15) is 0 Å². The number of rotatable bonds is 4. The van der Waals surface area contributed by atoms with Crippen molar-refractivity contribution in [2.45, 2.75) is 50.8 Å². The summed E-state index contributed by atoms with van der Waals surface area (Å²) in [5.41, 5.74) is 0. The minimum atomic E-state index is -0.379. The van der Waals surface area contributed by atoms with Crippen LogP contribution in [0.2, 0.25) is 0 Å². The standard InChI is InChI=1S/C11H22N2O2S/c1-8(7-16-2)12-11(15)13-9-5-3-4-6-10(9)14/h8-10,14H,3-7H2,1-2H3,(H2,12,13,15). The minimum absolute atomic E-state index is 0.0739. The van der Waals surface area contributed by atoms with Gasteiger partial charge in [0.05, 0.1) is 12.1 Å². The fourth-order valence-corrected chi connectivity index (χ4v) is 2.59. The summed E-state index contributed by atoms with van der Waals surface area (Å²) in [6.07, 6.45) is 5.46. The number of hydrogen-bond acceptors (Lipinski definition) is 3. The van der Waals surface area contributed by atoms with Crippen LogP contribution in [-0.2, 0) is 0 Å². The molecule has 0 aromatic rings. The number of aliphatic hydroxyl groups excluding tert-OH is 1. The third-order valence-electron chi connectivity index (χ3n) is 2.84. The number of carbonyl (C=O) groups is 1. The zero-order valence-electron chi connectivity index (χ0n) is 10.0. The maximum Gasteiger partial charge on any atom is 0.315 e. The lowest BCUT2D eigenvalue weighted by molar-refractivity contribution is 0.0941. The van der Waals surface area contributed by atoms with E-state index in [1.807, 2.05) is 13.2 Å². The summed E-state index contributed by atoms with van der Waals surface area (Å²) in [4.78, 5) is 11.6.